The van der Waals surface area contributed by atoms with Gasteiger partial charge in [0.15, 0.2) is 0 Å². The van der Waals surface area contributed by atoms with Crippen molar-refractivity contribution < 1.29 is 5.11 Å². The molecule has 12 heavy (non-hydrogen) atoms. The summed E-state index contributed by atoms with van der Waals surface area (Å²) < 4.78 is 0. The second-order valence-corrected chi connectivity index (χ2v) is 3.30. The molecule has 0 saturated heterocycles. The minimum Gasteiger partial charge on any atom is -0.387 e. The average molecular weight is 186 g/mol. The average Bonchev–Trinajstić information content (AvgIpc) is 2.03. The Labute approximate surface area is 77.0 Å². The summed E-state index contributed by atoms with van der Waals surface area (Å²) in [5.74, 6) is 0. The molecule has 0 aliphatic carbocycles. The fraction of sp³-hybridized carbons (Fsp3) is 0.333. The lowest BCUT2D eigenvalue weighted by atomic mass is 10.0. The predicted octanol–water partition coefficient (Wildman–Crippen LogP) is 1.72. The minimum absolute atomic E-state index is 0.275. The Balaban J connectivity index is 2.88. The van der Waals surface area contributed by atoms with Crippen molar-refractivity contribution in [2.75, 3.05) is 0 Å². The van der Waals surface area contributed by atoms with Crippen molar-refractivity contribution >= 4 is 11.6 Å². The van der Waals surface area contributed by atoms with Gasteiger partial charge in [0.05, 0.1) is 6.10 Å². The summed E-state index contributed by atoms with van der Waals surface area (Å²) in [6, 6.07) is 6.81. The monoisotopic (exact) mass is 185 g/mol. The fourth-order valence-corrected chi connectivity index (χ4v) is 1.19. The van der Waals surface area contributed by atoms with Crippen molar-refractivity contribution in [3.8, 4) is 0 Å². The first kappa shape index (κ1) is 9.52. The molecule has 2 nitrogen and oxygen atoms in total. The van der Waals surface area contributed by atoms with E-state index in [0.29, 0.717) is 5.02 Å². The third kappa shape index (κ3) is 2.21. The van der Waals surface area contributed by atoms with Crippen LogP contribution in [0.1, 0.15) is 18.6 Å². The van der Waals surface area contributed by atoms with Crippen LogP contribution in [0.4, 0.5) is 0 Å². The summed E-state index contributed by atoms with van der Waals surface area (Å²) in [7, 11) is 0. The van der Waals surface area contributed by atoms with Gasteiger partial charge in [-0.05, 0) is 24.6 Å². The molecule has 0 aliphatic rings. The smallest absolute Gasteiger partial charge is 0.0938 e. The van der Waals surface area contributed by atoms with Gasteiger partial charge in [-0.1, -0.05) is 23.7 Å². The third-order valence-electron chi connectivity index (χ3n) is 1.69. The number of hydrogen-bond donors (Lipinski definition) is 2. The van der Waals surface area contributed by atoms with E-state index in [9.17, 15) is 5.11 Å². The van der Waals surface area contributed by atoms with Gasteiger partial charge in [-0.25, -0.2) is 0 Å². The van der Waals surface area contributed by atoms with E-state index in [1.807, 2.05) is 0 Å². The fourth-order valence-electron chi connectivity index (χ4n) is 0.994. The summed E-state index contributed by atoms with van der Waals surface area (Å²) in [6.07, 6.45) is -0.635. The first-order valence-electron chi connectivity index (χ1n) is 3.80. The Morgan fingerprint density at radius 2 is 2.17 bits per heavy atom. The van der Waals surface area contributed by atoms with E-state index in [1.54, 1.807) is 31.2 Å². The number of rotatable bonds is 2. The molecular weight excluding hydrogens is 174 g/mol. The van der Waals surface area contributed by atoms with Gasteiger partial charge in [-0.15, -0.1) is 0 Å². The Kier molecular flexibility index (Phi) is 3.09. The Hall–Kier alpha value is -0.570. The van der Waals surface area contributed by atoms with E-state index in [1.165, 1.54) is 0 Å². The van der Waals surface area contributed by atoms with Gasteiger partial charge in [0.1, 0.15) is 0 Å². The summed E-state index contributed by atoms with van der Waals surface area (Å²) in [6.45, 7) is 1.76. The van der Waals surface area contributed by atoms with Crippen molar-refractivity contribution in [1.29, 1.82) is 0 Å². The molecule has 0 unspecified atom stereocenters. The van der Waals surface area contributed by atoms with Gasteiger partial charge in [0.2, 0.25) is 0 Å². The highest BCUT2D eigenvalue weighted by Crippen LogP contribution is 2.19. The maximum absolute atomic E-state index is 9.54. The molecule has 3 N–H and O–H groups in total. The van der Waals surface area contributed by atoms with E-state index in [-0.39, 0.29) is 6.04 Å². The molecule has 0 saturated carbocycles. The van der Waals surface area contributed by atoms with Crippen LogP contribution in [0, 0.1) is 0 Å². The predicted molar refractivity (Wildman–Crippen MR) is 50.1 cm³/mol. The molecule has 0 radical (unpaired) electrons. The number of nitrogens with two attached hydrogens (primary N) is 1. The van der Waals surface area contributed by atoms with E-state index >= 15 is 0 Å². The van der Waals surface area contributed by atoms with Gasteiger partial charge >= 0.3 is 0 Å². The zero-order valence-corrected chi connectivity index (χ0v) is 7.62. The van der Waals surface area contributed by atoms with Crippen LogP contribution in [-0.4, -0.2) is 11.1 Å². The van der Waals surface area contributed by atoms with Crippen molar-refractivity contribution in [1.82, 2.24) is 0 Å². The van der Waals surface area contributed by atoms with E-state index in [4.69, 9.17) is 17.3 Å². The molecule has 1 rings (SSSR count). The maximum atomic E-state index is 9.54. The first-order chi connectivity index (χ1) is 5.61. The Morgan fingerprint density at radius 3 is 2.67 bits per heavy atom. The van der Waals surface area contributed by atoms with E-state index < -0.39 is 6.10 Å². The topological polar surface area (TPSA) is 46.2 Å². The molecule has 0 amide bonds. The highest BCUT2D eigenvalue weighted by Gasteiger charge is 2.11. The number of aliphatic hydroxyl groups is 1. The molecular formula is C9H12ClNO. The summed E-state index contributed by atoms with van der Waals surface area (Å²) >= 11 is 5.74. The molecule has 66 valence electrons. The van der Waals surface area contributed by atoms with Crippen LogP contribution < -0.4 is 5.73 Å². The van der Waals surface area contributed by atoms with Gasteiger partial charge in [-0.3, -0.25) is 0 Å². The number of hydrogen-bond acceptors (Lipinski definition) is 2. The van der Waals surface area contributed by atoms with Gasteiger partial charge in [-0.2, -0.15) is 0 Å². The number of aliphatic hydroxyl groups excluding tert-OH is 1. The summed E-state index contributed by atoms with van der Waals surface area (Å²) in [5, 5.41) is 10.2. The molecule has 0 fully saturated rings. The molecule has 3 heteroatoms. The van der Waals surface area contributed by atoms with Gasteiger partial charge in [0.25, 0.3) is 0 Å². The number of benzene rings is 1. The van der Waals surface area contributed by atoms with Crippen molar-refractivity contribution in [3.63, 3.8) is 0 Å². The van der Waals surface area contributed by atoms with Crippen LogP contribution in [-0.2, 0) is 0 Å². The lowest BCUT2D eigenvalue weighted by molar-refractivity contribution is 0.153. The van der Waals surface area contributed by atoms with Gasteiger partial charge < -0.3 is 10.8 Å². The van der Waals surface area contributed by atoms with Crippen LogP contribution in [0.25, 0.3) is 0 Å². The SMILES string of the molecule is C[C@H](N)[C@H](O)c1cccc(Cl)c1. The first-order valence-corrected chi connectivity index (χ1v) is 4.18. The van der Waals surface area contributed by atoms with Crippen LogP contribution >= 0.6 is 11.6 Å². The van der Waals surface area contributed by atoms with Crippen molar-refractivity contribution in [2.45, 2.75) is 19.1 Å². The largest absolute Gasteiger partial charge is 0.387 e. The second kappa shape index (κ2) is 3.90. The zero-order chi connectivity index (χ0) is 9.14. The molecule has 0 spiro atoms. The van der Waals surface area contributed by atoms with Gasteiger partial charge in [0, 0.05) is 11.1 Å². The molecule has 1 aromatic carbocycles. The normalized spacial score (nSPS) is 15.7. The standard InChI is InChI=1S/C9H12ClNO/c1-6(11)9(12)7-3-2-4-8(10)5-7/h2-6,9,12H,11H2,1H3/t6-,9-/m0/s1. The molecule has 0 aromatic heterocycles. The molecule has 1 aromatic rings. The van der Waals surface area contributed by atoms with Crippen molar-refractivity contribution in [3.05, 3.63) is 34.9 Å². The molecule has 2 atom stereocenters. The van der Waals surface area contributed by atoms with Crippen LogP contribution in [0.5, 0.6) is 0 Å². The van der Waals surface area contributed by atoms with Crippen LogP contribution in [0.3, 0.4) is 0 Å². The lowest BCUT2D eigenvalue weighted by Gasteiger charge is -2.14. The molecule has 0 bridgehead atoms. The molecule has 0 heterocycles. The quantitative estimate of drug-likeness (QED) is 0.737. The lowest BCUT2D eigenvalue weighted by Crippen LogP contribution is -2.24. The van der Waals surface area contributed by atoms with Crippen molar-refractivity contribution in [2.24, 2.45) is 5.73 Å². The van der Waals surface area contributed by atoms with E-state index in [2.05, 4.69) is 0 Å². The summed E-state index contributed by atoms with van der Waals surface area (Å²) in [4.78, 5) is 0. The highest BCUT2D eigenvalue weighted by molar-refractivity contribution is 6.30. The zero-order valence-electron chi connectivity index (χ0n) is 6.87. The minimum atomic E-state index is -0.635. The Bertz CT molecular complexity index is 262. The van der Waals surface area contributed by atoms with Crippen LogP contribution in [0.2, 0.25) is 5.02 Å². The molecule has 0 aliphatic heterocycles. The second-order valence-electron chi connectivity index (χ2n) is 2.86. The Morgan fingerprint density at radius 1 is 1.50 bits per heavy atom. The number of halogens is 1. The third-order valence-corrected chi connectivity index (χ3v) is 1.92. The maximum Gasteiger partial charge on any atom is 0.0938 e. The van der Waals surface area contributed by atoms with Crippen LogP contribution in [0.15, 0.2) is 24.3 Å². The van der Waals surface area contributed by atoms with E-state index in [0.717, 1.165) is 5.56 Å². The summed E-state index contributed by atoms with van der Waals surface area (Å²) in [5.41, 5.74) is 6.29. The highest BCUT2D eigenvalue weighted by atomic mass is 35.5.